The van der Waals surface area contributed by atoms with Crippen LogP contribution in [-0.4, -0.2) is 30.5 Å². The molecule has 0 fully saturated rings. The molecule has 0 bridgehead atoms. The Labute approximate surface area is 110 Å². The van der Waals surface area contributed by atoms with Gasteiger partial charge in [-0.25, -0.2) is 9.78 Å². The number of carboxylic acids is 1. The molecule has 0 aliphatic carbocycles. The fourth-order valence-electron chi connectivity index (χ4n) is 1.55. The van der Waals surface area contributed by atoms with Crippen molar-refractivity contribution in [3.05, 3.63) is 56.6 Å². The van der Waals surface area contributed by atoms with Gasteiger partial charge >= 0.3 is 17.3 Å². The molecule has 0 atom stereocenters. The fourth-order valence-corrected chi connectivity index (χ4v) is 1.55. The molecule has 1 aromatic carbocycles. The van der Waals surface area contributed by atoms with Crippen LogP contribution in [0, 0.1) is 20.2 Å². The molecule has 2 aromatic rings. The molecule has 102 valence electrons. The van der Waals surface area contributed by atoms with E-state index in [1.807, 2.05) is 0 Å². The molecule has 0 amide bonds. The van der Waals surface area contributed by atoms with E-state index in [-0.39, 0.29) is 11.4 Å². The van der Waals surface area contributed by atoms with Crippen molar-refractivity contribution in [1.29, 1.82) is 0 Å². The third kappa shape index (κ3) is 2.29. The quantitative estimate of drug-likeness (QED) is 0.657. The van der Waals surface area contributed by atoms with E-state index in [4.69, 9.17) is 5.11 Å². The highest BCUT2D eigenvalue weighted by Gasteiger charge is 2.24. The number of carboxylic acid groups (broad SMARTS) is 1. The Morgan fingerprint density at radius 1 is 1.20 bits per heavy atom. The SMILES string of the molecule is O=C(O)c1cn(-c2ccc([N+](=O)[O-])c([N+](=O)[O-])c2)cn1. The average molecular weight is 278 g/mol. The summed E-state index contributed by atoms with van der Waals surface area (Å²) in [5.74, 6) is -1.25. The second-order valence-corrected chi connectivity index (χ2v) is 3.66. The summed E-state index contributed by atoms with van der Waals surface area (Å²) in [5.41, 5.74) is -1.37. The van der Waals surface area contributed by atoms with Crippen molar-refractivity contribution in [2.45, 2.75) is 0 Å². The predicted molar refractivity (Wildman–Crippen MR) is 63.8 cm³/mol. The number of nitrogens with zero attached hydrogens (tertiary/aromatic N) is 4. The normalized spacial score (nSPS) is 10.2. The number of hydrogen-bond donors (Lipinski definition) is 1. The Hall–Kier alpha value is -3.30. The van der Waals surface area contributed by atoms with Crippen molar-refractivity contribution in [3.8, 4) is 5.69 Å². The van der Waals surface area contributed by atoms with Gasteiger partial charge in [-0.05, 0) is 6.07 Å². The van der Waals surface area contributed by atoms with Gasteiger partial charge in [0, 0.05) is 18.3 Å². The van der Waals surface area contributed by atoms with Crippen LogP contribution in [0.15, 0.2) is 30.7 Å². The van der Waals surface area contributed by atoms with E-state index in [9.17, 15) is 25.0 Å². The first-order valence-electron chi connectivity index (χ1n) is 5.10. The van der Waals surface area contributed by atoms with Crippen LogP contribution in [0.1, 0.15) is 10.5 Å². The number of hydrogen-bond acceptors (Lipinski definition) is 6. The first-order chi connectivity index (χ1) is 9.40. The standard InChI is InChI=1S/C10H6N4O6/c15-10(16)7-4-12(5-11-7)6-1-2-8(13(17)18)9(3-6)14(19)20/h1-5H,(H,15,16). The van der Waals surface area contributed by atoms with Crippen LogP contribution < -0.4 is 0 Å². The highest BCUT2D eigenvalue weighted by atomic mass is 16.6. The summed E-state index contributed by atoms with van der Waals surface area (Å²) in [5, 5.41) is 30.2. The second-order valence-electron chi connectivity index (χ2n) is 3.66. The molecule has 20 heavy (non-hydrogen) atoms. The van der Waals surface area contributed by atoms with Crippen molar-refractivity contribution >= 4 is 17.3 Å². The molecule has 0 spiro atoms. The molecule has 1 N–H and O–H groups in total. The van der Waals surface area contributed by atoms with E-state index in [1.165, 1.54) is 10.6 Å². The zero-order valence-corrected chi connectivity index (χ0v) is 9.66. The van der Waals surface area contributed by atoms with E-state index in [0.29, 0.717) is 0 Å². The number of benzene rings is 1. The highest BCUT2D eigenvalue weighted by Crippen LogP contribution is 2.28. The van der Waals surface area contributed by atoms with Gasteiger partial charge in [0.05, 0.1) is 15.5 Å². The molecule has 1 heterocycles. The van der Waals surface area contributed by atoms with E-state index in [0.717, 1.165) is 24.7 Å². The molecule has 10 nitrogen and oxygen atoms in total. The molecular weight excluding hydrogens is 272 g/mol. The molecule has 0 aliphatic heterocycles. The van der Waals surface area contributed by atoms with Gasteiger partial charge in [0.2, 0.25) is 0 Å². The van der Waals surface area contributed by atoms with E-state index in [1.54, 1.807) is 0 Å². The minimum atomic E-state index is -1.25. The Bertz CT molecular complexity index is 722. The number of imidazole rings is 1. The zero-order chi connectivity index (χ0) is 14.9. The van der Waals surface area contributed by atoms with Crippen LogP contribution in [-0.2, 0) is 0 Å². The van der Waals surface area contributed by atoms with E-state index < -0.39 is 27.2 Å². The third-order valence-corrected chi connectivity index (χ3v) is 2.45. The summed E-state index contributed by atoms with van der Waals surface area (Å²) in [7, 11) is 0. The molecule has 10 heteroatoms. The maximum Gasteiger partial charge on any atom is 0.356 e. The lowest BCUT2D eigenvalue weighted by atomic mass is 10.2. The summed E-state index contributed by atoms with van der Waals surface area (Å²) in [6.45, 7) is 0. The van der Waals surface area contributed by atoms with Crippen molar-refractivity contribution in [2.75, 3.05) is 0 Å². The Balaban J connectivity index is 2.52. The van der Waals surface area contributed by atoms with Gasteiger partial charge in [-0.3, -0.25) is 20.2 Å². The predicted octanol–water partition coefficient (Wildman–Crippen LogP) is 1.39. The molecule has 0 unspecified atom stereocenters. The van der Waals surface area contributed by atoms with Gasteiger partial charge in [0.1, 0.15) is 6.33 Å². The first-order valence-corrected chi connectivity index (χ1v) is 5.10. The highest BCUT2D eigenvalue weighted by molar-refractivity contribution is 5.85. The number of nitro benzene ring substituents is 2. The molecule has 0 saturated carbocycles. The third-order valence-electron chi connectivity index (χ3n) is 2.45. The van der Waals surface area contributed by atoms with Gasteiger partial charge in [-0.1, -0.05) is 0 Å². The zero-order valence-electron chi connectivity index (χ0n) is 9.66. The molecule has 0 saturated heterocycles. The van der Waals surface area contributed by atoms with Gasteiger partial charge in [0.25, 0.3) is 0 Å². The Morgan fingerprint density at radius 3 is 2.35 bits per heavy atom. The second kappa shape index (κ2) is 4.76. The van der Waals surface area contributed by atoms with Crippen molar-refractivity contribution in [1.82, 2.24) is 9.55 Å². The van der Waals surface area contributed by atoms with Crippen LogP contribution in [0.25, 0.3) is 5.69 Å². The summed E-state index contributed by atoms with van der Waals surface area (Å²) < 4.78 is 1.22. The van der Waals surface area contributed by atoms with Crippen LogP contribution in [0.4, 0.5) is 11.4 Å². The van der Waals surface area contributed by atoms with Crippen molar-refractivity contribution in [3.63, 3.8) is 0 Å². The molecule has 0 radical (unpaired) electrons. The van der Waals surface area contributed by atoms with Crippen LogP contribution >= 0.6 is 0 Å². The van der Waals surface area contributed by atoms with Crippen molar-refractivity contribution in [2.24, 2.45) is 0 Å². The topological polar surface area (TPSA) is 141 Å². The maximum absolute atomic E-state index is 10.8. The van der Waals surface area contributed by atoms with E-state index >= 15 is 0 Å². The lowest BCUT2D eigenvalue weighted by molar-refractivity contribution is -0.422. The lowest BCUT2D eigenvalue weighted by Gasteiger charge is -2.01. The summed E-state index contributed by atoms with van der Waals surface area (Å²) in [4.78, 5) is 34.0. The lowest BCUT2D eigenvalue weighted by Crippen LogP contribution is -1.99. The van der Waals surface area contributed by atoms with Crippen molar-refractivity contribution < 1.29 is 19.7 Å². The van der Waals surface area contributed by atoms with Gasteiger partial charge in [-0.15, -0.1) is 0 Å². The molecular formula is C10H6N4O6. The number of carbonyl (C=O) groups is 1. The number of aromatic carboxylic acids is 1. The maximum atomic E-state index is 10.8. The van der Waals surface area contributed by atoms with Gasteiger partial charge in [0.15, 0.2) is 5.69 Å². The molecule has 0 aliphatic rings. The number of nitro groups is 2. The number of rotatable bonds is 4. The van der Waals surface area contributed by atoms with Gasteiger partial charge < -0.3 is 9.67 Å². The van der Waals surface area contributed by atoms with E-state index in [2.05, 4.69) is 4.98 Å². The van der Waals surface area contributed by atoms with Crippen LogP contribution in [0.5, 0.6) is 0 Å². The Morgan fingerprint density at radius 2 is 1.85 bits per heavy atom. The average Bonchev–Trinajstić information content (AvgIpc) is 2.87. The summed E-state index contributed by atoms with van der Waals surface area (Å²) >= 11 is 0. The fraction of sp³-hybridized carbons (Fsp3) is 0. The van der Waals surface area contributed by atoms with Crippen LogP contribution in [0.3, 0.4) is 0 Å². The molecule has 1 aromatic heterocycles. The minimum Gasteiger partial charge on any atom is -0.476 e. The minimum absolute atomic E-state index is 0.197. The summed E-state index contributed by atoms with van der Waals surface area (Å²) in [6.07, 6.45) is 2.29. The summed E-state index contributed by atoms with van der Waals surface area (Å²) in [6, 6.07) is 3.22. The van der Waals surface area contributed by atoms with Gasteiger partial charge in [-0.2, -0.15) is 0 Å². The Kier molecular flexibility index (Phi) is 3.13. The largest absolute Gasteiger partial charge is 0.476 e. The van der Waals surface area contributed by atoms with Crippen LogP contribution in [0.2, 0.25) is 0 Å². The first kappa shape index (κ1) is 13.1. The smallest absolute Gasteiger partial charge is 0.356 e. The number of aromatic nitrogens is 2. The molecule has 2 rings (SSSR count). The monoisotopic (exact) mass is 278 g/mol.